The van der Waals surface area contributed by atoms with Crippen LogP contribution in [0.3, 0.4) is 0 Å². The summed E-state index contributed by atoms with van der Waals surface area (Å²) in [4.78, 5) is 7.02. The van der Waals surface area contributed by atoms with Crippen LogP contribution in [0.2, 0.25) is 0 Å². The van der Waals surface area contributed by atoms with Gasteiger partial charge in [0.15, 0.2) is 0 Å². The van der Waals surface area contributed by atoms with Crippen molar-refractivity contribution < 1.29 is 0 Å². The molecule has 21 heavy (non-hydrogen) atoms. The fraction of sp³-hybridized carbons (Fsp3) is 0.471. The Balaban J connectivity index is 1.85. The lowest BCUT2D eigenvalue weighted by Gasteiger charge is -2.44. The second-order valence-corrected chi connectivity index (χ2v) is 6.55. The summed E-state index contributed by atoms with van der Waals surface area (Å²) in [5.74, 6) is 1.12. The highest BCUT2D eigenvalue weighted by Gasteiger charge is 2.33. The molecular formula is C17H24N4. The van der Waals surface area contributed by atoms with Crippen molar-refractivity contribution in [3.8, 4) is 0 Å². The van der Waals surface area contributed by atoms with Crippen LogP contribution in [-0.2, 0) is 13.6 Å². The molecule has 1 aliphatic heterocycles. The first-order chi connectivity index (χ1) is 10.1. The van der Waals surface area contributed by atoms with Crippen LogP contribution in [0.4, 0.5) is 0 Å². The van der Waals surface area contributed by atoms with Gasteiger partial charge in [-0.2, -0.15) is 0 Å². The van der Waals surface area contributed by atoms with Crippen LogP contribution in [-0.4, -0.2) is 33.1 Å². The summed E-state index contributed by atoms with van der Waals surface area (Å²) in [6.45, 7) is 7.40. The Hall–Kier alpha value is -1.65. The molecule has 1 fully saturated rings. The molecule has 0 saturated carbocycles. The third-order valence-corrected chi connectivity index (χ3v) is 4.26. The molecule has 1 N–H and O–H groups in total. The molecule has 0 aliphatic carbocycles. The number of piperazine rings is 1. The first-order valence-corrected chi connectivity index (χ1v) is 7.55. The van der Waals surface area contributed by atoms with Crippen molar-refractivity contribution in [2.24, 2.45) is 7.05 Å². The number of benzene rings is 1. The van der Waals surface area contributed by atoms with Gasteiger partial charge >= 0.3 is 0 Å². The Bertz CT molecular complexity index is 588. The van der Waals surface area contributed by atoms with E-state index in [0.29, 0.717) is 6.04 Å². The molecule has 2 aromatic rings. The van der Waals surface area contributed by atoms with Crippen molar-refractivity contribution in [3.05, 3.63) is 54.1 Å². The standard InChI is InChI=1S/C17H24N4/c1-17(2)13-21(12-16-18-9-10-20(16)3)15(11-19-17)14-7-5-4-6-8-14/h4-10,15,19H,11-13H2,1-3H3. The molecule has 0 bridgehead atoms. The number of hydrogen-bond donors (Lipinski definition) is 1. The van der Waals surface area contributed by atoms with E-state index >= 15 is 0 Å². The first kappa shape index (κ1) is 14.3. The topological polar surface area (TPSA) is 33.1 Å². The predicted molar refractivity (Wildman–Crippen MR) is 84.9 cm³/mol. The van der Waals surface area contributed by atoms with Crippen LogP contribution in [0, 0.1) is 0 Å². The summed E-state index contributed by atoms with van der Waals surface area (Å²) >= 11 is 0. The molecule has 1 aliphatic rings. The van der Waals surface area contributed by atoms with Crippen LogP contribution >= 0.6 is 0 Å². The lowest BCUT2D eigenvalue weighted by Crippen LogP contribution is -2.57. The van der Waals surface area contributed by atoms with Crippen LogP contribution in [0.5, 0.6) is 0 Å². The summed E-state index contributed by atoms with van der Waals surface area (Å²) in [6.07, 6.45) is 3.89. The SMILES string of the molecule is Cn1ccnc1CN1CC(C)(C)NCC1c1ccccc1. The van der Waals surface area contributed by atoms with Crippen molar-refractivity contribution in [2.75, 3.05) is 13.1 Å². The van der Waals surface area contributed by atoms with E-state index in [1.165, 1.54) is 5.56 Å². The maximum atomic E-state index is 4.49. The summed E-state index contributed by atoms with van der Waals surface area (Å²) in [7, 11) is 2.06. The summed E-state index contributed by atoms with van der Waals surface area (Å²) in [5.41, 5.74) is 1.51. The second kappa shape index (κ2) is 5.62. The van der Waals surface area contributed by atoms with E-state index in [4.69, 9.17) is 0 Å². The van der Waals surface area contributed by atoms with Crippen molar-refractivity contribution in [3.63, 3.8) is 0 Å². The molecule has 112 valence electrons. The molecule has 1 aromatic carbocycles. The smallest absolute Gasteiger partial charge is 0.122 e. The van der Waals surface area contributed by atoms with Crippen molar-refractivity contribution in [1.82, 2.24) is 19.8 Å². The van der Waals surface area contributed by atoms with Crippen LogP contribution in [0.1, 0.15) is 31.3 Å². The highest BCUT2D eigenvalue weighted by atomic mass is 15.3. The minimum atomic E-state index is 0.135. The van der Waals surface area contributed by atoms with Gasteiger partial charge in [-0.25, -0.2) is 4.98 Å². The van der Waals surface area contributed by atoms with E-state index in [9.17, 15) is 0 Å². The molecule has 1 saturated heterocycles. The van der Waals surface area contributed by atoms with Gasteiger partial charge in [-0.05, 0) is 19.4 Å². The van der Waals surface area contributed by atoms with Crippen molar-refractivity contribution in [1.29, 1.82) is 0 Å². The molecule has 2 heterocycles. The normalized spacial score (nSPS) is 22.3. The molecule has 1 unspecified atom stereocenters. The lowest BCUT2D eigenvalue weighted by molar-refractivity contribution is 0.0847. The average Bonchev–Trinajstić information content (AvgIpc) is 2.85. The fourth-order valence-corrected chi connectivity index (χ4v) is 3.08. The largest absolute Gasteiger partial charge is 0.337 e. The zero-order valence-electron chi connectivity index (χ0n) is 13.1. The molecule has 0 spiro atoms. The van der Waals surface area contributed by atoms with Crippen LogP contribution in [0.25, 0.3) is 0 Å². The van der Waals surface area contributed by atoms with Crippen LogP contribution in [0.15, 0.2) is 42.7 Å². The van der Waals surface area contributed by atoms with Gasteiger partial charge < -0.3 is 9.88 Å². The Morgan fingerprint density at radius 2 is 2.05 bits per heavy atom. The van der Waals surface area contributed by atoms with E-state index in [1.807, 2.05) is 12.4 Å². The van der Waals surface area contributed by atoms with Crippen LogP contribution < -0.4 is 5.32 Å². The maximum absolute atomic E-state index is 4.49. The number of rotatable bonds is 3. The minimum absolute atomic E-state index is 0.135. The Morgan fingerprint density at radius 1 is 1.29 bits per heavy atom. The highest BCUT2D eigenvalue weighted by molar-refractivity contribution is 5.21. The van der Waals surface area contributed by atoms with Gasteiger partial charge in [0.1, 0.15) is 5.82 Å². The zero-order chi connectivity index (χ0) is 14.9. The molecule has 1 atom stereocenters. The van der Waals surface area contributed by atoms with Gasteiger partial charge in [0, 0.05) is 44.1 Å². The molecule has 0 amide bonds. The Labute approximate surface area is 126 Å². The third kappa shape index (κ3) is 3.17. The molecule has 4 nitrogen and oxygen atoms in total. The van der Waals surface area contributed by atoms with Gasteiger partial charge in [-0.15, -0.1) is 0 Å². The molecule has 1 aromatic heterocycles. The summed E-state index contributed by atoms with van der Waals surface area (Å²) in [5, 5.41) is 3.66. The molecule has 0 radical (unpaired) electrons. The Morgan fingerprint density at radius 3 is 2.71 bits per heavy atom. The maximum Gasteiger partial charge on any atom is 0.122 e. The zero-order valence-corrected chi connectivity index (χ0v) is 13.1. The van der Waals surface area contributed by atoms with Gasteiger partial charge in [0.05, 0.1) is 6.54 Å². The van der Waals surface area contributed by atoms with Crippen molar-refractivity contribution in [2.45, 2.75) is 32.0 Å². The number of imidazole rings is 1. The number of aryl methyl sites for hydroxylation is 1. The van der Waals surface area contributed by atoms with Gasteiger partial charge in [0.2, 0.25) is 0 Å². The van der Waals surface area contributed by atoms with Gasteiger partial charge in [0.25, 0.3) is 0 Å². The predicted octanol–water partition coefficient (Wildman–Crippen LogP) is 2.35. The second-order valence-electron chi connectivity index (χ2n) is 6.55. The lowest BCUT2D eigenvalue weighted by atomic mass is 9.95. The number of nitrogens with zero attached hydrogens (tertiary/aromatic N) is 3. The summed E-state index contributed by atoms with van der Waals surface area (Å²) in [6, 6.07) is 11.2. The minimum Gasteiger partial charge on any atom is -0.337 e. The van der Waals surface area contributed by atoms with Gasteiger partial charge in [-0.1, -0.05) is 30.3 Å². The number of hydrogen-bond acceptors (Lipinski definition) is 3. The molecule has 3 rings (SSSR count). The van der Waals surface area contributed by atoms with E-state index in [2.05, 4.69) is 71.0 Å². The molecular weight excluding hydrogens is 260 g/mol. The number of aromatic nitrogens is 2. The van der Waals surface area contributed by atoms with E-state index < -0.39 is 0 Å². The average molecular weight is 284 g/mol. The van der Waals surface area contributed by atoms with E-state index in [-0.39, 0.29) is 5.54 Å². The Kier molecular flexibility index (Phi) is 3.83. The molecule has 4 heteroatoms. The van der Waals surface area contributed by atoms with Gasteiger partial charge in [-0.3, -0.25) is 4.90 Å². The monoisotopic (exact) mass is 284 g/mol. The first-order valence-electron chi connectivity index (χ1n) is 7.55. The van der Waals surface area contributed by atoms with E-state index in [0.717, 1.165) is 25.5 Å². The quantitative estimate of drug-likeness (QED) is 0.939. The van der Waals surface area contributed by atoms with Crippen molar-refractivity contribution >= 4 is 0 Å². The fourth-order valence-electron chi connectivity index (χ4n) is 3.08. The third-order valence-electron chi connectivity index (χ3n) is 4.26. The highest BCUT2D eigenvalue weighted by Crippen LogP contribution is 2.28. The summed E-state index contributed by atoms with van der Waals surface area (Å²) < 4.78 is 2.11. The van der Waals surface area contributed by atoms with E-state index in [1.54, 1.807) is 0 Å². The number of nitrogens with one attached hydrogen (secondary N) is 1.